The van der Waals surface area contributed by atoms with Crippen molar-refractivity contribution in [3.05, 3.63) is 111 Å². The van der Waals surface area contributed by atoms with Gasteiger partial charge in [0, 0.05) is 22.2 Å². The minimum Gasteiger partial charge on any atom is -0.321 e. The molecule has 3 aromatic carbocycles. The molecule has 0 spiro atoms. The number of aromatic nitrogens is 2. The maximum absolute atomic E-state index is 13.4. The van der Waals surface area contributed by atoms with Crippen LogP contribution in [0.4, 0.5) is 16.5 Å². The highest BCUT2D eigenvalue weighted by Crippen LogP contribution is 2.29. The van der Waals surface area contributed by atoms with Gasteiger partial charge < -0.3 is 10.6 Å². The summed E-state index contributed by atoms with van der Waals surface area (Å²) >= 11 is 2.61. The first-order chi connectivity index (χ1) is 20.2. The molecule has 0 bridgehead atoms. The van der Waals surface area contributed by atoms with Crippen LogP contribution in [0.3, 0.4) is 0 Å². The van der Waals surface area contributed by atoms with Crippen LogP contribution in [-0.2, 0) is 9.59 Å². The molecule has 0 aliphatic rings. The Morgan fingerprint density at radius 3 is 2.43 bits per heavy atom. The zero-order valence-electron chi connectivity index (χ0n) is 22.6. The highest BCUT2D eigenvalue weighted by molar-refractivity contribution is 8.00. The zero-order chi connectivity index (χ0) is 30.1. The monoisotopic (exact) mass is 602 g/mol. The van der Waals surface area contributed by atoms with Crippen molar-refractivity contribution in [1.82, 2.24) is 15.5 Å². The number of carbonyl (C=O) groups is 3. The lowest BCUT2D eigenvalue weighted by Crippen LogP contribution is -2.30. The summed E-state index contributed by atoms with van der Waals surface area (Å²) in [6.07, 6.45) is 1.80. The van der Waals surface area contributed by atoms with Gasteiger partial charge in [0.2, 0.25) is 11.0 Å². The third-order valence-corrected chi connectivity index (χ3v) is 7.86. The van der Waals surface area contributed by atoms with E-state index in [0.717, 1.165) is 9.90 Å². The van der Waals surface area contributed by atoms with Crippen LogP contribution in [0, 0.1) is 17.0 Å². The first kappa shape index (κ1) is 30.1. The Morgan fingerprint density at radius 2 is 1.74 bits per heavy atom. The van der Waals surface area contributed by atoms with Crippen LogP contribution < -0.4 is 16.0 Å². The van der Waals surface area contributed by atoms with Gasteiger partial charge in [0.05, 0.1) is 15.7 Å². The summed E-state index contributed by atoms with van der Waals surface area (Å²) in [6.45, 7) is 3.69. The van der Waals surface area contributed by atoms with Crippen molar-refractivity contribution in [2.24, 2.45) is 0 Å². The molecular weight excluding hydrogens is 576 g/mol. The predicted molar refractivity (Wildman–Crippen MR) is 163 cm³/mol. The van der Waals surface area contributed by atoms with Gasteiger partial charge in [0.15, 0.2) is 0 Å². The maximum atomic E-state index is 13.4. The average molecular weight is 603 g/mol. The van der Waals surface area contributed by atoms with E-state index in [2.05, 4.69) is 26.1 Å². The van der Waals surface area contributed by atoms with Gasteiger partial charge in [-0.1, -0.05) is 54.7 Å². The van der Waals surface area contributed by atoms with Crippen LogP contribution in [0.15, 0.2) is 89.5 Å². The predicted octanol–water partition coefficient (Wildman–Crippen LogP) is 5.67. The van der Waals surface area contributed by atoms with Crippen LogP contribution in [0.2, 0.25) is 0 Å². The fourth-order valence-corrected chi connectivity index (χ4v) is 5.35. The largest absolute Gasteiger partial charge is 0.321 e. The second kappa shape index (κ2) is 14.1. The number of hydrogen-bond acceptors (Lipinski definition) is 9. The summed E-state index contributed by atoms with van der Waals surface area (Å²) in [4.78, 5) is 50.9. The topological polar surface area (TPSA) is 156 Å². The highest BCUT2D eigenvalue weighted by Gasteiger charge is 2.21. The number of anilines is 2. The molecule has 0 saturated heterocycles. The summed E-state index contributed by atoms with van der Waals surface area (Å²) in [6, 6.07) is 21.1. The van der Waals surface area contributed by atoms with Crippen LogP contribution >= 0.6 is 23.1 Å². The molecule has 0 radical (unpaired) electrons. The molecule has 11 nitrogen and oxygen atoms in total. The van der Waals surface area contributed by atoms with Crippen LogP contribution in [0.5, 0.6) is 0 Å². The van der Waals surface area contributed by atoms with Gasteiger partial charge in [-0.25, -0.2) is 0 Å². The highest BCUT2D eigenvalue weighted by atomic mass is 32.2. The molecule has 1 heterocycles. The van der Waals surface area contributed by atoms with Crippen LogP contribution in [0.1, 0.15) is 34.3 Å². The number of nitrogens with one attached hydrogen (secondary N) is 3. The van der Waals surface area contributed by atoms with E-state index >= 15 is 0 Å². The van der Waals surface area contributed by atoms with Crippen molar-refractivity contribution >= 4 is 63.4 Å². The minimum atomic E-state index is -0.684. The zero-order valence-corrected chi connectivity index (χ0v) is 24.2. The summed E-state index contributed by atoms with van der Waals surface area (Å²) < 4.78 is 0. The fourth-order valence-electron chi connectivity index (χ4n) is 3.74. The summed E-state index contributed by atoms with van der Waals surface area (Å²) in [7, 11) is 0. The van der Waals surface area contributed by atoms with Gasteiger partial charge >= 0.3 is 0 Å². The Balaban J connectivity index is 1.55. The van der Waals surface area contributed by atoms with Gasteiger partial charge in [-0.05, 0) is 55.8 Å². The Hall–Kier alpha value is -4.88. The van der Waals surface area contributed by atoms with Crippen molar-refractivity contribution in [3.8, 4) is 0 Å². The van der Waals surface area contributed by atoms with E-state index in [1.807, 2.05) is 13.0 Å². The normalized spacial score (nSPS) is 11.8. The Morgan fingerprint density at radius 1 is 1.00 bits per heavy atom. The van der Waals surface area contributed by atoms with E-state index in [1.165, 1.54) is 47.4 Å². The molecule has 0 saturated carbocycles. The van der Waals surface area contributed by atoms with E-state index in [1.54, 1.807) is 61.5 Å². The molecule has 214 valence electrons. The standard InChI is InChI=1S/C29H26N6O5S2/c1-3-25(28(38)32-29-34-33-18(2)41-29)42-22-14-9-13-21(17-22)30-27(37)23(31-26(36)19-10-5-4-6-11-19)16-20-12-7-8-15-24(20)35(39)40/h4-17,25H,3H2,1-2H3,(H,30,37)(H,31,36)(H,32,34,38)/b23-16+. The maximum Gasteiger partial charge on any atom is 0.276 e. The van der Waals surface area contributed by atoms with Gasteiger partial charge in [0.1, 0.15) is 10.7 Å². The van der Waals surface area contributed by atoms with Gasteiger partial charge in [0.25, 0.3) is 17.5 Å². The first-order valence-corrected chi connectivity index (χ1v) is 14.4. The van der Waals surface area contributed by atoms with Gasteiger partial charge in [-0.2, -0.15) is 0 Å². The van der Waals surface area contributed by atoms with E-state index in [-0.39, 0.29) is 22.9 Å². The molecule has 3 amide bonds. The summed E-state index contributed by atoms with van der Waals surface area (Å²) in [5.41, 5.74) is 0.456. The van der Waals surface area contributed by atoms with E-state index in [9.17, 15) is 24.5 Å². The number of nitro benzene ring substituents is 1. The number of benzene rings is 3. The Labute approximate surface area is 249 Å². The van der Waals surface area contributed by atoms with Crippen molar-refractivity contribution < 1.29 is 19.3 Å². The molecular formula is C29H26N6O5S2. The number of rotatable bonds is 11. The number of hydrogen-bond donors (Lipinski definition) is 3. The number of aryl methyl sites for hydroxylation is 1. The van der Waals surface area contributed by atoms with Crippen molar-refractivity contribution in [1.29, 1.82) is 0 Å². The smallest absolute Gasteiger partial charge is 0.276 e. The molecule has 1 atom stereocenters. The number of nitro groups is 1. The number of nitrogens with zero attached hydrogens (tertiary/aromatic N) is 3. The third kappa shape index (κ3) is 8.08. The van der Waals surface area contributed by atoms with Crippen molar-refractivity contribution in [3.63, 3.8) is 0 Å². The number of thioether (sulfide) groups is 1. The number of carbonyl (C=O) groups excluding carboxylic acids is 3. The number of para-hydroxylation sites is 1. The van der Waals surface area contributed by atoms with E-state index < -0.39 is 22.0 Å². The molecule has 1 aromatic heterocycles. The summed E-state index contributed by atoms with van der Waals surface area (Å²) in [5.74, 6) is -1.45. The summed E-state index contributed by atoms with van der Waals surface area (Å²) in [5, 5.41) is 28.3. The first-order valence-electron chi connectivity index (χ1n) is 12.7. The lowest BCUT2D eigenvalue weighted by atomic mass is 10.1. The SMILES string of the molecule is CCC(Sc1cccc(NC(=O)/C(=C\c2ccccc2[N+](=O)[O-])NC(=O)c2ccccc2)c1)C(=O)Nc1nnc(C)s1. The molecule has 1 unspecified atom stereocenters. The fraction of sp³-hybridized carbons (Fsp3) is 0.138. The molecule has 13 heteroatoms. The molecule has 3 N–H and O–H groups in total. The average Bonchev–Trinajstić information content (AvgIpc) is 3.40. The van der Waals surface area contributed by atoms with Crippen molar-refractivity contribution in [2.75, 3.05) is 10.6 Å². The lowest BCUT2D eigenvalue weighted by molar-refractivity contribution is -0.385. The minimum absolute atomic E-state index is 0.146. The molecule has 42 heavy (non-hydrogen) atoms. The second-order valence-corrected chi connectivity index (χ2v) is 11.3. The van der Waals surface area contributed by atoms with Crippen LogP contribution in [0.25, 0.3) is 6.08 Å². The Kier molecular flexibility index (Phi) is 10.1. The lowest BCUT2D eigenvalue weighted by Gasteiger charge is -2.15. The van der Waals surface area contributed by atoms with Gasteiger partial charge in [-0.15, -0.1) is 22.0 Å². The van der Waals surface area contributed by atoms with E-state index in [4.69, 9.17) is 0 Å². The molecule has 0 fully saturated rings. The molecule has 0 aliphatic carbocycles. The van der Waals surface area contributed by atoms with Crippen molar-refractivity contribution in [2.45, 2.75) is 30.4 Å². The number of amides is 3. The molecule has 4 rings (SSSR count). The van der Waals surface area contributed by atoms with Gasteiger partial charge in [-0.3, -0.25) is 29.8 Å². The molecule has 4 aromatic rings. The molecule has 0 aliphatic heterocycles. The van der Waals surface area contributed by atoms with E-state index in [0.29, 0.717) is 22.8 Å². The van der Waals surface area contributed by atoms with Crippen LogP contribution in [-0.4, -0.2) is 38.1 Å². The third-order valence-electron chi connectivity index (χ3n) is 5.75. The second-order valence-electron chi connectivity index (χ2n) is 8.81. The Bertz CT molecular complexity index is 1640. The quantitative estimate of drug-likeness (QED) is 0.0858.